The zero-order chi connectivity index (χ0) is 21.0. The minimum atomic E-state index is -4.49. The van der Waals surface area contributed by atoms with Crippen LogP contribution >= 0.6 is 0 Å². The Labute approximate surface area is 204 Å². The van der Waals surface area contributed by atoms with Crippen LogP contribution in [-0.4, -0.2) is 13.0 Å². The maximum atomic E-state index is 11.2. The summed E-state index contributed by atoms with van der Waals surface area (Å²) < 4.78 is 39.5. The predicted octanol–water partition coefficient (Wildman–Crippen LogP) is 3.85. The summed E-state index contributed by atoms with van der Waals surface area (Å²) >= 11 is 0. The molecule has 0 aliphatic heterocycles. The monoisotopic (exact) mass is 440 g/mol. The predicted molar refractivity (Wildman–Crippen MR) is 116 cm³/mol. The molecule has 0 aromatic heterocycles. The summed E-state index contributed by atoms with van der Waals surface area (Å²) in [5, 5.41) is 0. The topological polar surface area (TPSA) is 66.4 Å². The van der Waals surface area contributed by atoms with Crippen LogP contribution in [0.4, 0.5) is 0 Å². The first-order valence-corrected chi connectivity index (χ1v) is 12.2. The van der Waals surface area contributed by atoms with E-state index in [2.05, 4.69) is 6.92 Å². The van der Waals surface area contributed by atoms with E-state index >= 15 is 0 Å². The molecule has 160 valence electrons. The van der Waals surface area contributed by atoms with Gasteiger partial charge in [-0.3, -0.25) is 0 Å². The van der Waals surface area contributed by atoms with Crippen LogP contribution in [0.3, 0.4) is 0 Å². The van der Waals surface area contributed by atoms with Crippen molar-refractivity contribution in [2.75, 3.05) is 0 Å². The van der Waals surface area contributed by atoms with E-state index in [1.165, 1.54) is 76.0 Å². The smallest absolute Gasteiger partial charge is 0.744 e. The number of unbranched alkanes of at least 4 members (excludes halogenated alkanes) is 9. The first-order valence-electron chi connectivity index (χ1n) is 10.8. The Hall–Kier alpha value is -0.850. The van der Waals surface area contributed by atoms with E-state index in [1.54, 1.807) is 6.07 Å². The molecule has 2 rings (SSSR count). The van der Waals surface area contributed by atoms with Crippen LogP contribution in [0, 0.1) is 0 Å². The number of hydrogen-bond acceptors (Lipinski definition) is 4. The molecule has 0 aliphatic rings. The third-order valence-electron chi connectivity index (χ3n) is 5.09. The van der Waals surface area contributed by atoms with Crippen LogP contribution in [0.15, 0.2) is 53.4 Å². The fourth-order valence-electron chi connectivity index (χ4n) is 3.43. The van der Waals surface area contributed by atoms with Gasteiger partial charge in [-0.05, 0) is 42.7 Å². The number of ether oxygens (including phenoxy) is 1. The van der Waals surface area contributed by atoms with Gasteiger partial charge in [0.1, 0.15) is 21.6 Å². The number of benzene rings is 2. The number of aryl methyl sites for hydroxylation is 1. The molecule has 0 heterocycles. The second-order valence-corrected chi connectivity index (χ2v) is 8.95. The first kappa shape index (κ1) is 27.2. The fraction of sp³-hybridized carbons (Fsp3) is 0.500. The van der Waals surface area contributed by atoms with Crippen molar-refractivity contribution in [1.29, 1.82) is 0 Å². The molecule has 4 nitrogen and oxygen atoms in total. The third-order valence-corrected chi connectivity index (χ3v) is 5.93. The molecular formula is C24H33NaO4S. The largest absolute Gasteiger partial charge is 1.00 e. The molecule has 2 aromatic carbocycles. The zero-order valence-corrected chi connectivity index (χ0v) is 21.3. The van der Waals surface area contributed by atoms with Crippen LogP contribution in [0.25, 0.3) is 0 Å². The quantitative estimate of drug-likeness (QED) is 0.254. The van der Waals surface area contributed by atoms with Gasteiger partial charge in [-0.2, -0.15) is 0 Å². The maximum Gasteiger partial charge on any atom is 1.00 e. The molecule has 0 amide bonds. The van der Waals surface area contributed by atoms with Crippen molar-refractivity contribution >= 4 is 10.1 Å². The average Bonchev–Trinajstić information content (AvgIpc) is 2.70. The van der Waals surface area contributed by atoms with Crippen molar-refractivity contribution in [3.8, 4) is 11.5 Å². The SMILES string of the molecule is CCCCCCCCCCCCc1ccccc1Oc1cccc(S(=O)(=O)[O-])c1.[Na+]. The van der Waals surface area contributed by atoms with Gasteiger partial charge in [-0.1, -0.05) is 89.0 Å². The number of para-hydroxylation sites is 1. The van der Waals surface area contributed by atoms with Crippen molar-refractivity contribution in [3.63, 3.8) is 0 Å². The molecule has 0 aliphatic carbocycles. The van der Waals surface area contributed by atoms with Crippen LogP contribution in [0.5, 0.6) is 11.5 Å². The second-order valence-electron chi connectivity index (χ2n) is 7.57. The molecule has 0 N–H and O–H groups in total. The normalized spacial score (nSPS) is 11.1. The number of rotatable bonds is 14. The Bertz CT molecular complexity index is 837. The van der Waals surface area contributed by atoms with E-state index in [9.17, 15) is 13.0 Å². The van der Waals surface area contributed by atoms with Gasteiger partial charge in [0, 0.05) is 0 Å². The maximum absolute atomic E-state index is 11.2. The Kier molecular flexibility index (Phi) is 13.6. The van der Waals surface area contributed by atoms with Gasteiger partial charge in [0.25, 0.3) is 0 Å². The van der Waals surface area contributed by atoms with E-state index in [-0.39, 0.29) is 34.5 Å². The Morgan fingerprint density at radius 1 is 0.800 bits per heavy atom. The molecule has 2 aromatic rings. The summed E-state index contributed by atoms with van der Waals surface area (Å²) in [5.41, 5.74) is 1.10. The minimum absolute atomic E-state index is 0. The second kappa shape index (κ2) is 15.0. The van der Waals surface area contributed by atoms with E-state index in [1.807, 2.05) is 24.3 Å². The van der Waals surface area contributed by atoms with Crippen molar-refractivity contribution in [1.82, 2.24) is 0 Å². The van der Waals surface area contributed by atoms with Crippen LogP contribution in [0.2, 0.25) is 0 Å². The fourth-order valence-corrected chi connectivity index (χ4v) is 3.94. The van der Waals surface area contributed by atoms with Gasteiger partial charge in [0.2, 0.25) is 0 Å². The minimum Gasteiger partial charge on any atom is -0.744 e. The summed E-state index contributed by atoms with van der Waals surface area (Å²) in [6.45, 7) is 2.25. The molecule has 30 heavy (non-hydrogen) atoms. The molecular weight excluding hydrogens is 407 g/mol. The summed E-state index contributed by atoms with van der Waals surface area (Å²) in [6, 6.07) is 13.5. The van der Waals surface area contributed by atoms with Crippen LogP contribution < -0.4 is 34.3 Å². The Morgan fingerprint density at radius 3 is 2.03 bits per heavy atom. The van der Waals surface area contributed by atoms with E-state index in [0.29, 0.717) is 11.5 Å². The molecule has 0 bridgehead atoms. The van der Waals surface area contributed by atoms with Gasteiger partial charge in [0.05, 0.1) is 4.90 Å². The molecule has 0 atom stereocenters. The standard InChI is InChI=1S/C24H34O4S.Na/c1-2-3-4-5-6-7-8-9-10-11-15-21-16-12-13-19-24(21)28-22-17-14-18-23(20-22)29(25,26)27;/h12-14,16-20H,2-11,15H2,1H3,(H,25,26,27);/q;+1/p-1. The van der Waals surface area contributed by atoms with Gasteiger partial charge in [-0.15, -0.1) is 0 Å². The average molecular weight is 441 g/mol. The van der Waals surface area contributed by atoms with Crippen molar-refractivity contribution < 1.29 is 47.3 Å². The Morgan fingerprint density at radius 2 is 1.40 bits per heavy atom. The van der Waals surface area contributed by atoms with E-state index in [0.717, 1.165) is 18.4 Å². The van der Waals surface area contributed by atoms with E-state index < -0.39 is 10.1 Å². The van der Waals surface area contributed by atoms with Crippen molar-refractivity contribution in [3.05, 3.63) is 54.1 Å². The van der Waals surface area contributed by atoms with Crippen molar-refractivity contribution in [2.24, 2.45) is 0 Å². The molecule has 0 spiro atoms. The molecule has 6 heteroatoms. The molecule has 0 saturated heterocycles. The van der Waals surface area contributed by atoms with Gasteiger partial charge < -0.3 is 9.29 Å². The van der Waals surface area contributed by atoms with Crippen molar-refractivity contribution in [2.45, 2.75) is 82.4 Å². The molecule has 0 radical (unpaired) electrons. The van der Waals surface area contributed by atoms with Crippen LogP contribution in [0.1, 0.15) is 76.7 Å². The van der Waals surface area contributed by atoms with Gasteiger partial charge in [-0.25, -0.2) is 8.42 Å². The summed E-state index contributed by atoms with van der Waals surface area (Å²) in [4.78, 5) is -0.276. The van der Waals surface area contributed by atoms with Gasteiger partial charge in [0.15, 0.2) is 0 Å². The van der Waals surface area contributed by atoms with Crippen LogP contribution in [-0.2, 0) is 16.5 Å². The number of hydrogen-bond donors (Lipinski definition) is 0. The van der Waals surface area contributed by atoms with Gasteiger partial charge >= 0.3 is 29.6 Å². The molecule has 0 unspecified atom stereocenters. The van der Waals surface area contributed by atoms with E-state index in [4.69, 9.17) is 4.74 Å². The summed E-state index contributed by atoms with van der Waals surface area (Å²) in [6.07, 6.45) is 13.9. The summed E-state index contributed by atoms with van der Waals surface area (Å²) in [7, 11) is -4.49. The summed E-state index contributed by atoms with van der Waals surface area (Å²) in [5.74, 6) is 1.07. The Balaban J connectivity index is 0.00000450. The molecule has 0 fully saturated rings. The first-order chi connectivity index (χ1) is 14.0. The zero-order valence-electron chi connectivity index (χ0n) is 18.4. The molecule has 0 saturated carbocycles. The third kappa shape index (κ3) is 10.5.